The van der Waals surface area contributed by atoms with Gasteiger partial charge in [0.2, 0.25) is 0 Å². The Balaban J connectivity index is 1.54. The number of halogens is 3. The number of benzene rings is 2. The van der Waals surface area contributed by atoms with Gasteiger partial charge in [-0.25, -0.2) is 0 Å². The van der Waals surface area contributed by atoms with E-state index in [2.05, 4.69) is 27.6 Å². The van der Waals surface area contributed by atoms with Crippen LogP contribution in [0.5, 0.6) is 11.5 Å². The standard InChI is InChI=1S/C23H21F3N2O2/c1-16-3-2-10-27-21(16)15-28-11-12-29-22-9-6-18(13-19(22)14-28)17-4-7-20(8-5-17)30-23(24,25)26/h2-10,13H,11-12,14-15H2,1H3. The lowest BCUT2D eigenvalue weighted by Gasteiger charge is -2.20. The van der Waals surface area contributed by atoms with E-state index in [1.165, 1.54) is 12.1 Å². The molecule has 0 amide bonds. The average Bonchev–Trinajstić information content (AvgIpc) is 2.90. The summed E-state index contributed by atoms with van der Waals surface area (Å²) in [7, 11) is 0. The van der Waals surface area contributed by atoms with Crippen LogP contribution in [-0.2, 0) is 13.1 Å². The van der Waals surface area contributed by atoms with Crippen LogP contribution in [-0.4, -0.2) is 29.4 Å². The molecule has 1 aromatic heterocycles. The van der Waals surface area contributed by atoms with Gasteiger partial charge >= 0.3 is 6.36 Å². The molecule has 2 heterocycles. The minimum absolute atomic E-state index is 0.235. The summed E-state index contributed by atoms with van der Waals surface area (Å²) in [6.45, 7) is 4.84. The summed E-state index contributed by atoms with van der Waals surface area (Å²) in [4.78, 5) is 6.77. The number of ether oxygens (including phenoxy) is 2. The monoisotopic (exact) mass is 414 g/mol. The first kappa shape index (κ1) is 20.2. The maximum absolute atomic E-state index is 12.4. The number of nitrogens with zero attached hydrogens (tertiary/aromatic N) is 2. The molecule has 0 saturated heterocycles. The molecule has 0 aliphatic carbocycles. The number of hydrogen-bond donors (Lipinski definition) is 0. The van der Waals surface area contributed by atoms with Gasteiger partial charge in [-0.3, -0.25) is 9.88 Å². The summed E-state index contributed by atoms with van der Waals surface area (Å²) in [6.07, 6.45) is -2.90. The van der Waals surface area contributed by atoms with Gasteiger partial charge in [-0.15, -0.1) is 13.2 Å². The molecule has 0 atom stereocenters. The average molecular weight is 414 g/mol. The van der Waals surface area contributed by atoms with Crippen LogP contribution < -0.4 is 9.47 Å². The number of rotatable bonds is 4. The van der Waals surface area contributed by atoms with Gasteiger partial charge in [0.05, 0.1) is 5.69 Å². The smallest absolute Gasteiger partial charge is 0.492 e. The van der Waals surface area contributed by atoms with Crippen LogP contribution in [0.4, 0.5) is 13.2 Å². The van der Waals surface area contributed by atoms with E-state index < -0.39 is 6.36 Å². The zero-order valence-corrected chi connectivity index (χ0v) is 16.4. The van der Waals surface area contributed by atoms with Gasteiger partial charge in [-0.2, -0.15) is 0 Å². The molecule has 0 spiro atoms. The Morgan fingerprint density at radius 2 is 1.83 bits per heavy atom. The number of pyridine rings is 1. The Morgan fingerprint density at radius 3 is 2.57 bits per heavy atom. The third-order valence-corrected chi connectivity index (χ3v) is 5.03. The lowest BCUT2D eigenvalue weighted by atomic mass is 10.0. The quantitative estimate of drug-likeness (QED) is 0.576. The Morgan fingerprint density at radius 1 is 1.07 bits per heavy atom. The number of fused-ring (bicyclic) bond motifs is 1. The Kier molecular flexibility index (Phi) is 5.63. The highest BCUT2D eigenvalue weighted by Crippen LogP contribution is 2.31. The highest BCUT2D eigenvalue weighted by Gasteiger charge is 2.31. The molecule has 0 N–H and O–H groups in total. The first-order valence-corrected chi connectivity index (χ1v) is 9.62. The Hall–Kier alpha value is -3.06. The first-order chi connectivity index (χ1) is 14.4. The van der Waals surface area contributed by atoms with E-state index in [9.17, 15) is 13.2 Å². The van der Waals surface area contributed by atoms with E-state index in [0.29, 0.717) is 13.2 Å². The zero-order chi connectivity index (χ0) is 21.1. The second-order valence-electron chi connectivity index (χ2n) is 7.22. The molecule has 1 aliphatic rings. The maximum atomic E-state index is 12.4. The largest absolute Gasteiger partial charge is 0.573 e. The molecular weight excluding hydrogens is 393 g/mol. The molecule has 0 unspecified atom stereocenters. The molecule has 0 saturated carbocycles. The summed E-state index contributed by atoms with van der Waals surface area (Å²) < 4.78 is 46.9. The van der Waals surface area contributed by atoms with Crippen LogP contribution in [0.2, 0.25) is 0 Å². The maximum Gasteiger partial charge on any atom is 0.573 e. The molecule has 2 aromatic carbocycles. The van der Waals surface area contributed by atoms with Gasteiger partial charge in [0.25, 0.3) is 0 Å². The predicted octanol–water partition coefficient (Wildman–Crippen LogP) is 5.35. The molecule has 1 aliphatic heterocycles. The normalized spacial score (nSPS) is 14.5. The van der Waals surface area contributed by atoms with Crippen molar-refractivity contribution < 1.29 is 22.6 Å². The van der Waals surface area contributed by atoms with Crippen LogP contribution in [0.25, 0.3) is 11.1 Å². The van der Waals surface area contributed by atoms with Crippen molar-refractivity contribution >= 4 is 0 Å². The number of alkyl halides is 3. The molecule has 4 nitrogen and oxygen atoms in total. The van der Waals surface area contributed by atoms with Gasteiger partial charge < -0.3 is 9.47 Å². The molecular formula is C23H21F3N2O2. The topological polar surface area (TPSA) is 34.6 Å². The van der Waals surface area contributed by atoms with Gasteiger partial charge in [0.1, 0.15) is 18.1 Å². The van der Waals surface area contributed by atoms with E-state index >= 15 is 0 Å². The van der Waals surface area contributed by atoms with E-state index in [-0.39, 0.29) is 5.75 Å². The Labute approximate surface area is 172 Å². The minimum atomic E-state index is -4.70. The first-order valence-electron chi connectivity index (χ1n) is 9.62. The molecule has 0 fully saturated rings. The lowest BCUT2D eigenvalue weighted by molar-refractivity contribution is -0.274. The van der Waals surface area contributed by atoms with Gasteiger partial charge in [0.15, 0.2) is 0 Å². The zero-order valence-electron chi connectivity index (χ0n) is 16.4. The van der Waals surface area contributed by atoms with Gasteiger partial charge in [-0.1, -0.05) is 24.3 Å². The van der Waals surface area contributed by atoms with Crippen molar-refractivity contribution in [3.63, 3.8) is 0 Å². The van der Waals surface area contributed by atoms with Crippen molar-refractivity contribution in [1.82, 2.24) is 9.88 Å². The van der Waals surface area contributed by atoms with Crippen molar-refractivity contribution in [1.29, 1.82) is 0 Å². The molecule has 156 valence electrons. The predicted molar refractivity (Wildman–Crippen MR) is 107 cm³/mol. The SMILES string of the molecule is Cc1cccnc1CN1CCOc2ccc(-c3ccc(OC(F)(F)F)cc3)cc2C1. The second-order valence-corrected chi connectivity index (χ2v) is 7.22. The number of hydrogen-bond acceptors (Lipinski definition) is 4. The third kappa shape index (κ3) is 4.91. The van der Waals surface area contributed by atoms with Crippen LogP contribution in [0.15, 0.2) is 60.8 Å². The molecule has 0 bridgehead atoms. The van der Waals surface area contributed by atoms with Gasteiger partial charge in [-0.05, 0) is 53.9 Å². The fourth-order valence-electron chi connectivity index (χ4n) is 3.51. The van der Waals surface area contributed by atoms with E-state index in [1.54, 1.807) is 18.3 Å². The Bertz CT molecular complexity index is 1020. The molecule has 0 radical (unpaired) electrons. The molecule has 4 rings (SSSR count). The van der Waals surface area contributed by atoms with Crippen LogP contribution in [0.3, 0.4) is 0 Å². The summed E-state index contributed by atoms with van der Waals surface area (Å²) in [6, 6.07) is 15.7. The van der Waals surface area contributed by atoms with Crippen molar-refractivity contribution in [2.75, 3.05) is 13.2 Å². The molecule has 3 aromatic rings. The summed E-state index contributed by atoms with van der Waals surface area (Å²) in [5.74, 6) is 0.595. The van der Waals surface area contributed by atoms with Crippen LogP contribution in [0.1, 0.15) is 16.8 Å². The lowest BCUT2D eigenvalue weighted by Crippen LogP contribution is -2.26. The van der Waals surface area contributed by atoms with Crippen LogP contribution in [0, 0.1) is 6.92 Å². The van der Waals surface area contributed by atoms with Crippen molar-refractivity contribution in [2.45, 2.75) is 26.4 Å². The molecule has 7 heteroatoms. The highest BCUT2D eigenvalue weighted by atomic mass is 19.4. The summed E-state index contributed by atoms with van der Waals surface area (Å²) in [5, 5.41) is 0. The number of aromatic nitrogens is 1. The van der Waals surface area contributed by atoms with Crippen LogP contribution >= 0.6 is 0 Å². The molecule has 30 heavy (non-hydrogen) atoms. The van der Waals surface area contributed by atoms with Crippen molar-refractivity contribution in [2.24, 2.45) is 0 Å². The second kappa shape index (κ2) is 8.36. The fraction of sp³-hybridized carbons (Fsp3) is 0.261. The van der Waals surface area contributed by atoms with Gasteiger partial charge in [0, 0.05) is 31.4 Å². The third-order valence-electron chi connectivity index (χ3n) is 5.03. The fourth-order valence-corrected chi connectivity index (χ4v) is 3.51. The van der Waals surface area contributed by atoms with Crippen molar-refractivity contribution in [3.8, 4) is 22.6 Å². The van der Waals surface area contributed by atoms with E-state index in [0.717, 1.165) is 46.8 Å². The van der Waals surface area contributed by atoms with E-state index in [1.807, 2.05) is 24.3 Å². The highest BCUT2D eigenvalue weighted by molar-refractivity contribution is 5.66. The van der Waals surface area contributed by atoms with E-state index in [4.69, 9.17) is 4.74 Å². The van der Waals surface area contributed by atoms with Crippen molar-refractivity contribution in [3.05, 3.63) is 77.6 Å². The summed E-state index contributed by atoms with van der Waals surface area (Å²) in [5.41, 5.74) is 4.94. The summed E-state index contributed by atoms with van der Waals surface area (Å²) >= 11 is 0. The number of aryl methyl sites for hydroxylation is 1. The minimum Gasteiger partial charge on any atom is -0.492 e.